The van der Waals surface area contributed by atoms with Crippen LogP contribution in [-0.2, 0) is 10.4 Å². The Morgan fingerprint density at radius 3 is 2.33 bits per heavy atom. The number of aryl methyl sites for hydroxylation is 1. The highest BCUT2D eigenvalue weighted by Gasteiger charge is 2.21. The lowest BCUT2D eigenvalue weighted by molar-refractivity contribution is -0.0240. The molecule has 0 saturated carbocycles. The van der Waals surface area contributed by atoms with E-state index in [-0.39, 0.29) is 0 Å². The third-order valence-corrected chi connectivity index (χ3v) is 2.09. The molecular formula is C10H15NO. The first-order valence-electron chi connectivity index (χ1n) is 4.02. The highest BCUT2D eigenvalue weighted by molar-refractivity contribution is 5.30. The minimum Gasteiger partial charge on any atom is -0.294 e. The maximum Gasteiger partial charge on any atom is 0.109 e. The molecule has 0 bridgehead atoms. The molecule has 2 nitrogen and oxygen atoms in total. The summed E-state index contributed by atoms with van der Waals surface area (Å²) in [5.74, 6) is 5.21. The second kappa shape index (κ2) is 3.25. The van der Waals surface area contributed by atoms with E-state index < -0.39 is 5.60 Å². The van der Waals surface area contributed by atoms with Crippen molar-refractivity contribution in [1.82, 2.24) is 0 Å². The van der Waals surface area contributed by atoms with E-state index in [1.165, 1.54) is 5.56 Å². The molecule has 0 amide bonds. The van der Waals surface area contributed by atoms with Crippen LogP contribution in [0.3, 0.4) is 0 Å². The van der Waals surface area contributed by atoms with E-state index in [1.54, 1.807) is 0 Å². The van der Waals surface area contributed by atoms with E-state index in [2.05, 4.69) is 13.0 Å². The Balaban J connectivity index is 3.10. The maximum atomic E-state index is 5.21. The van der Waals surface area contributed by atoms with Gasteiger partial charge in [-0.25, -0.2) is 5.90 Å². The van der Waals surface area contributed by atoms with E-state index in [4.69, 9.17) is 10.7 Å². The Labute approximate surface area is 73.3 Å². The van der Waals surface area contributed by atoms with Crippen LogP contribution >= 0.6 is 0 Å². The van der Waals surface area contributed by atoms with Crippen molar-refractivity contribution in [1.29, 1.82) is 0 Å². The van der Waals surface area contributed by atoms with Gasteiger partial charge in [-0.15, -0.1) is 0 Å². The Hall–Kier alpha value is -0.860. The molecule has 1 aromatic carbocycles. The Morgan fingerprint density at radius 2 is 1.83 bits per heavy atom. The topological polar surface area (TPSA) is 35.2 Å². The standard InChI is InChI=1S/C10H15NO/c1-8-6-4-5-7-9(8)10(2,3)12-11/h4-7H,11H2,1-3H3. The lowest BCUT2D eigenvalue weighted by Crippen LogP contribution is -2.26. The first-order valence-corrected chi connectivity index (χ1v) is 4.02. The van der Waals surface area contributed by atoms with Crippen molar-refractivity contribution in [2.45, 2.75) is 26.4 Å². The maximum absolute atomic E-state index is 5.21. The molecule has 0 aliphatic heterocycles. The zero-order chi connectivity index (χ0) is 9.19. The largest absolute Gasteiger partial charge is 0.294 e. The van der Waals surface area contributed by atoms with E-state index in [0.29, 0.717) is 0 Å². The molecule has 0 aliphatic rings. The van der Waals surface area contributed by atoms with Gasteiger partial charge in [0, 0.05) is 0 Å². The van der Waals surface area contributed by atoms with Crippen LogP contribution in [0.1, 0.15) is 25.0 Å². The summed E-state index contributed by atoms with van der Waals surface area (Å²) in [4.78, 5) is 4.90. The quantitative estimate of drug-likeness (QED) is 0.681. The SMILES string of the molecule is Cc1ccccc1C(C)(C)ON. The van der Waals surface area contributed by atoms with Crippen LogP contribution in [0.4, 0.5) is 0 Å². The van der Waals surface area contributed by atoms with Crippen molar-refractivity contribution < 1.29 is 4.84 Å². The summed E-state index contributed by atoms with van der Waals surface area (Å²) >= 11 is 0. The summed E-state index contributed by atoms with van der Waals surface area (Å²) in [5.41, 5.74) is 1.94. The number of rotatable bonds is 2. The number of nitrogens with two attached hydrogens (primary N) is 1. The van der Waals surface area contributed by atoms with Crippen LogP contribution < -0.4 is 5.90 Å². The average molecular weight is 165 g/mol. The number of hydrogen-bond acceptors (Lipinski definition) is 2. The first kappa shape index (κ1) is 9.23. The van der Waals surface area contributed by atoms with Gasteiger partial charge < -0.3 is 0 Å². The van der Waals surface area contributed by atoms with Crippen LogP contribution in [0.25, 0.3) is 0 Å². The zero-order valence-electron chi connectivity index (χ0n) is 7.79. The molecule has 12 heavy (non-hydrogen) atoms. The molecule has 66 valence electrons. The molecule has 0 saturated heterocycles. The fraction of sp³-hybridized carbons (Fsp3) is 0.400. The summed E-state index contributed by atoms with van der Waals surface area (Å²) in [5, 5.41) is 0. The van der Waals surface area contributed by atoms with Gasteiger partial charge in [0.25, 0.3) is 0 Å². The normalized spacial score (nSPS) is 11.7. The number of hydrogen-bond donors (Lipinski definition) is 1. The summed E-state index contributed by atoms with van der Waals surface area (Å²) in [6, 6.07) is 8.08. The molecule has 1 rings (SSSR count). The summed E-state index contributed by atoms with van der Waals surface area (Å²) in [7, 11) is 0. The summed E-state index contributed by atoms with van der Waals surface area (Å²) in [6.07, 6.45) is 0. The lowest BCUT2D eigenvalue weighted by atomic mass is 9.94. The van der Waals surface area contributed by atoms with Gasteiger partial charge in [-0.1, -0.05) is 24.3 Å². The van der Waals surface area contributed by atoms with Crippen molar-refractivity contribution in [2.24, 2.45) is 5.90 Å². The number of benzene rings is 1. The molecule has 0 atom stereocenters. The molecule has 0 heterocycles. The van der Waals surface area contributed by atoms with Crippen molar-refractivity contribution in [3.05, 3.63) is 35.4 Å². The van der Waals surface area contributed by atoms with Crippen molar-refractivity contribution in [3.8, 4) is 0 Å². The Kier molecular flexibility index (Phi) is 2.50. The van der Waals surface area contributed by atoms with E-state index in [1.807, 2.05) is 32.0 Å². The molecule has 0 aromatic heterocycles. The highest BCUT2D eigenvalue weighted by Crippen LogP contribution is 2.25. The van der Waals surface area contributed by atoms with Crippen LogP contribution in [-0.4, -0.2) is 0 Å². The second-order valence-corrected chi connectivity index (χ2v) is 3.44. The second-order valence-electron chi connectivity index (χ2n) is 3.44. The van der Waals surface area contributed by atoms with Gasteiger partial charge in [-0.2, -0.15) is 0 Å². The predicted octanol–water partition coefficient (Wildman–Crippen LogP) is 2.12. The smallest absolute Gasteiger partial charge is 0.109 e. The first-order chi connectivity index (χ1) is 5.58. The summed E-state index contributed by atoms with van der Waals surface area (Å²) < 4.78 is 0. The minimum atomic E-state index is -0.397. The molecule has 0 unspecified atom stereocenters. The van der Waals surface area contributed by atoms with Crippen LogP contribution in [0.5, 0.6) is 0 Å². The fourth-order valence-electron chi connectivity index (χ4n) is 1.31. The van der Waals surface area contributed by atoms with E-state index in [0.717, 1.165) is 5.56 Å². The lowest BCUT2D eigenvalue weighted by Gasteiger charge is -2.23. The van der Waals surface area contributed by atoms with Gasteiger partial charge in [0.1, 0.15) is 5.60 Å². The van der Waals surface area contributed by atoms with E-state index >= 15 is 0 Å². The average Bonchev–Trinajstić information content (AvgIpc) is 2.05. The van der Waals surface area contributed by atoms with Gasteiger partial charge in [-0.05, 0) is 31.9 Å². The molecule has 0 radical (unpaired) electrons. The van der Waals surface area contributed by atoms with Crippen molar-refractivity contribution in [2.75, 3.05) is 0 Å². The van der Waals surface area contributed by atoms with Gasteiger partial charge in [0.15, 0.2) is 0 Å². The summed E-state index contributed by atoms with van der Waals surface area (Å²) in [6.45, 7) is 5.96. The molecule has 0 spiro atoms. The minimum absolute atomic E-state index is 0.397. The van der Waals surface area contributed by atoms with Gasteiger partial charge in [-0.3, -0.25) is 4.84 Å². The molecule has 2 N–H and O–H groups in total. The van der Waals surface area contributed by atoms with Crippen molar-refractivity contribution in [3.63, 3.8) is 0 Å². The van der Waals surface area contributed by atoms with Gasteiger partial charge in [0.2, 0.25) is 0 Å². The Morgan fingerprint density at radius 1 is 1.25 bits per heavy atom. The zero-order valence-corrected chi connectivity index (χ0v) is 7.79. The van der Waals surface area contributed by atoms with Crippen molar-refractivity contribution >= 4 is 0 Å². The molecular weight excluding hydrogens is 150 g/mol. The third-order valence-electron chi connectivity index (χ3n) is 2.09. The molecule has 0 fully saturated rings. The Bertz CT molecular complexity index is 268. The van der Waals surface area contributed by atoms with Crippen LogP contribution in [0.2, 0.25) is 0 Å². The van der Waals surface area contributed by atoms with Crippen LogP contribution in [0.15, 0.2) is 24.3 Å². The molecule has 1 aromatic rings. The predicted molar refractivity (Wildman–Crippen MR) is 49.5 cm³/mol. The van der Waals surface area contributed by atoms with E-state index in [9.17, 15) is 0 Å². The third kappa shape index (κ3) is 1.65. The van der Waals surface area contributed by atoms with Crippen LogP contribution in [0, 0.1) is 6.92 Å². The van der Waals surface area contributed by atoms with Gasteiger partial charge >= 0.3 is 0 Å². The molecule has 2 heteroatoms. The monoisotopic (exact) mass is 165 g/mol. The highest BCUT2D eigenvalue weighted by atomic mass is 16.6. The molecule has 0 aliphatic carbocycles. The fourth-order valence-corrected chi connectivity index (χ4v) is 1.31. The van der Waals surface area contributed by atoms with Gasteiger partial charge in [0.05, 0.1) is 0 Å².